The molecule has 0 bridgehead atoms. The summed E-state index contributed by atoms with van der Waals surface area (Å²) in [7, 11) is 3.12. The predicted molar refractivity (Wildman–Crippen MR) is 106 cm³/mol. The maximum atomic E-state index is 12.6. The lowest BCUT2D eigenvalue weighted by atomic mass is 10.2. The molecule has 2 heterocycles. The summed E-state index contributed by atoms with van der Waals surface area (Å²) in [6, 6.07) is 7.29. The van der Waals surface area contributed by atoms with Crippen LogP contribution < -0.4 is 19.7 Å². The Morgan fingerprint density at radius 2 is 1.84 bits per heavy atom. The third-order valence-corrected chi connectivity index (χ3v) is 5.05. The molecule has 1 aromatic carbocycles. The van der Waals surface area contributed by atoms with E-state index < -0.39 is 0 Å². The van der Waals surface area contributed by atoms with Crippen molar-refractivity contribution in [1.82, 2.24) is 4.98 Å². The van der Waals surface area contributed by atoms with Gasteiger partial charge in [-0.2, -0.15) is 0 Å². The Kier molecular flexibility index (Phi) is 5.62. The molecule has 1 amide bonds. The number of hydrogen-bond acceptors (Lipinski definition) is 5. The molecule has 0 saturated carbocycles. The fourth-order valence-electron chi connectivity index (χ4n) is 2.82. The van der Waals surface area contributed by atoms with Gasteiger partial charge in [-0.1, -0.05) is 0 Å². The summed E-state index contributed by atoms with van der Waals surface area (Å²) in [5.74, 6) is 1.87. The standard InChI is InChI=1S/C18H20IN3O3/c1-24-15-9-13(14(19)10-16(15)25-2)18(23)21-12-5-6-17(20-11-12)22-7-3-4-8-22/h5-6,9-11H,3-4,7-8H2,1-2H3,(H,21,23). The van der Waals surface area contributed by atoms with Gasteiger partial charge in [-0.3, -0.25) is 4.79 Å². The van der Waals surface area contributed by atoms with Crippen LogP contribution in [0.1, 0.15) is 23.2 Å². The average molecular weight is 453 g/mol. The quantitative estimate of drug-likeness (QED) is 0.702. The molecule has 132 valence electrons. The lowest BCUT2D eigenvalue weighted by molar-refractivity contribution is 0.102. The van der Waals surface area contributed by atoms with Gasteiger partial charge in [0, 0.05) is 16.7 Å². The molecule has 1 fully saturated rings. The average Bonchev–Trinajstić information content (AvgIpc) is 3.16. The molecular weight excluding hydrogens is 433 g/mol. The van der Waals surface area contributed by atoms with Crippen LogP contribution in [0.15, 0.2) is 30.5 Å². The molecule has 0 aliphatic carbocycles. The van der Waals surface area contributed by atoms with Crippen molar-refractivity contribution in [3.05, 3.63) is 39.6 Å². The largest absolute Gasteiger partial charge is 0.493 e. The van der Waals surface area contributed by atoms with Crippen LogP contribution in [0.25, 0.3) is 0 Å². The van der Waals surface area contributed by atoms with E-state index in [1.165, 1.54) is 12.8 Å². The third-order valence-electron chi connectivity index (χ3n) is 4.15. The number of aromatic nitrogens is 1. The number of rotatable bonds is 5. The van der Waals surface area contributed by atoms with Gasteiger partial charge in [0.05, 0.1) is 31.7 Å². The summed E-state index contributed by atoms with van der Waals surface area (Å²) in [6.45, 7) is 2.09. The van der Waals surface area contributed by atoms with Gasteiger partial charge in [0.25, 0.3) is 5.91 Å². The minimum absolute atomic E-state index is 0.207. The van der Waals surface area contributed by atoms with Gasteiger partial charge < -0.3 is 19.7 Å². The molecule has 0 radical (unpaired) electrons. The molecule has 0 spiro atoms. The zero-order chi connectivity index (χ0) is 17.8. The number of carbonyl (C=O) groups excluding carboxylic acids is 1. The molecule has 7 heteroatoms. The molecule has 1 aliphatic heterocycles. The third kappa shape index (κ3) is 3.97. The number of hydrogen-bond donors (Lipinski definition) is 1. The number of halogens is 1. The van der Waals surface area contributed by atoms with Gasteiger partial charge in [0.1, 0.15) is 5.82 Å². The van der Waals surface area contributed by atoms with Crippen molar-refractivity contribution in [2.45, 2.75) is 12.8 Å². The van der Waals surface area contributed by atoms with Gasteiger partial charge in [-0.25, -0.2) is 4.98 Å². The molecule has 3 rings (SSSR count). The number of pyridine rings is 1. The number of anilines is 2. The highest BCUT2D eigenvalue weighted by atomic mass is 127. The first-order valence-corrected chi connectivity index (χ1v) is 9.14. The number of carbonyl (C=O) groups is 1. The topological polar surface area (TPSA) is 63.7 Å². The summed E-state index contributed by atoms with van der Waals surface area (Å²) < 4.78 is 11.3. The second kappa shape index (κ2) is 7.90. The Morgan fingerprint density at radius 3 is 2.44 bits per heavy atom. The van der Waals surface area contributed by atoms with E-state index in [4.69, 9.17) is 9.47 Å². The highest BCUT2D eigenvalue weighted by molar-refractivity contribution is 14.1. The summed E-state index contributed by atoms with van der Waals surface area (Å²) in [4.78, 5) is 19.3. The Morgan fingerprint density at radius 1 is 1.16 bits per heavy atom. The first-order valence-electron chi connectivity index (χ1n) is 8.06. The van der Waals surface area contributed by atoms with Crippen molar-refractivity contribution in [3.63, 3.8) is 0 Å². The Hall–Kier alpha value is -2.03. The van der Waals surface area contributed by atoms with Crippen molar-refractivity contribution in [1.29, 1.82) is 0 Å². The van der Waals surface area contributed by atoms with Gasteiger partial charge in [-0.05, 0) is 59.7 Å². The normalized spacial score (nSPS) is 13.6. The van der Waals surface area contributed by atoms with E-state index >= 15 is 0 Å². The van der Waals surface area contributed by atoms with Gasteiger partial charge in [0.2, 0.25) is 0 Å². The fourth-order valence-corrected chi connectivity index (χ4v) is 3.50. The maximum absolute atomic E-state index is 12.6. The number of nitrogens with zero attached hydrogens (tertiary/aromatic N) is 2. The Bertz CT molecular complexity index is 759. The molecule has 1 saturated heterocycles. The first-order chi connectivity index (χ1) is 12.1. The summed E-state index contributed by atoms with van der Waals surface area (Å²) in [5.41, 5.74) is 1.19. The maximum Gasteiger partial charge on any atom is 0.256 e. The molecule has 6 nitrogen and oxygen atoms in total. The Balaban J connectivity index is 1.75. The highest BCUT2D eigenvalue weighted by Crippen LogP contribution is 2.31. The van der Waals surface area contributed by atoms with Gasteiger partial charge >= 0.3 is 0 Å². The lowest BCUT2D eigenvalue weighted by Gasteiger charge is -2.16. The van der Waals surface area contributed by atoms with E-state index in [1.807, 2.05) is 12.1 Å². The SMILES string of the molecule is COc1cc(I)c(C(=O)Nc2ccc(N3CCCC3)nc2)cc1OC. The fraction of sp³-hybridized carbons (Fsp3) is 0.333. The van der Waals surface area contributed by atoms with Crippen molar-refractivity contribution >= 4 is 40.0 Å². The number of nitrogens with one attached hydrogen (secondary N) is 1. The van der Waals surface area contributed by atoms with Crippen LogP contribution in [0, 0.1) is 3.57 Å². The second-order valence-corrected chi connectivity index (χ2v) is 6.90. The number of benzene rings is 1. The van der Waals surface area contributed by atoms with Crippen molar-refractivity contribution in [2.75, 3.05) is 37.5 Å². The Labute approximate surface area is 160 Å². The first kappa shape index (κ1) is 17.8. The monoisotopic (exact) mass is 453 g/mol. The summed E-state index contributed by atoms with van der Waals surface area (Å²) in [6.07, 6.45) is 4.11. The van der Waals surface area contributed by atoms with E-state index in [-0.39, 0.29) is 5.91 Å². The predicted octanol–water partition coefficient (Wildman–Crippen LogP) is 3.56. The lowest BCUT2D eigenvalue weighted by Crippen LogP contribution is -2.19. The van der Waals surface area contributed by atoms with E-state index in [0.29, 0.717) is 22.7 Å². The number of ether oxygens (including phenoxy) is 2. The summed E-state index contributed by atoms with van der Waals surface area (Å²) in [5, 5.41) is 2.88. The van der Waals surface area contributed by atoms with Crippen LogP contribution in [-0.4, -0.2) is 38.2 Å². The van der Waals surface area contributed by atoms with Gasteiger partial charge in [-0.15, -0.1) is 0 Å². The zero-order valence-corrected chi connectivity index (χ0v) is 16.4. The molecule has 0 atom stereocenters. The molecule has 1 aromatic heterocycles. The van der Waals surface area contributed by atoms with Gasteiger partial charge in [0.15, 0.2) is 11.5 Å². The molecule has 2 aromatic rings. The van der Waals surface area contributed by atoms with Crippen LogP contribution in [0.5, 0.6) is 11.5 Å². The van der Waals surface area contributed by atoms with E-state index in [0.717, 1.165) is 22.5 Å². The van der Waals surface area contributed by atoms with Crippen molar-refractivity contribution in [3.8, 4) is 11.5 Å². The van der Waals surface area contributed by atoms with Crippen molar-refractivity contribution < 1.29 is 14.3 Å². The number of amides is 1. The van der Waals surface area contributed by atoms with Crippen LogP contribution in [0.4, 0.5) is 11.5 Å². The second-order valence-electron chi connectivity index (χ2n) is 5.74. The van der Waals surface area contributed by atoms with Crippen LogP contribution in [-0.2, 0) is 0 Å². The molecule has 1 N–H and O–H groups in total. The van der Waals surface area contributed by atoms with Crippen LogP contribution >= 0.6 is 22.6 Å². The van der Waals surface area contributed by atoms with Crippen LogP contribution in [0.2, 0.25) is 0 Å². The molecular formula is C18H20IN3O3. The minimum atomic E-state index is -0.207. The smallest absolute Gasteiger partial charge is 0.256 e. The van der Waals surface area contributed by atoms with Crippen LogP contribution in [0.3, 0.4) is 0 Å². The highest BCUT2D eigenvalue weighted by Gasteiger charge is 2.17. The van der Waals surface area contributed by atoms with Crippen molar-refractivity contribution in [2.24, 2.45) is 0 Å². The molecule has 0 unspecified atom stereocenters. The van der Waals surface area contributed by atoms with E-state index in [2.05, 4.69) is 37.8 Å². The molecule has 25 heavy (non-hydrogen) atoms. The minimum Gasteiger partial charge on any atom is -0.493 e. The number of methoxy groups -OCH3 is 2. The summed E-state index contributed by atoms with van der Waals surface area (Å²) >= 11 is 2.11. The van der Waals surface area contributed by atoms with E-state index in [9.17, 15) is 4.79 Å². The van der Waals surface area contributed by atoms with E-state index in [1.54, 1.807) is 32.5 Å². The molecule has 1 aliphatic rings. The zero-order valence-electron chi connectivity index (χ0n) is 14.2.